The minimum atomic E-state index is -0.403. The Kier molecular flexibility index (Phi) is 3.54. The molecule has 0 fully saturated rings. The first-order valence-corrected chi connectivity index (χ1v) is 6.65. The van der Waals surface area contributed by atoms with Gasteiger partial charge in [0, 0.05) is 13.1 Å². The number of nitrogens with zero attached hydrogens (tertiary/aromatic N) is 1. The number of nitrogens with two attached hydrogens (primary N) is 1. The Morgan fingerprint density at radius 1 is 1.25 bits per heavy atom. The Morgan fingerprint density at radius 3 is 2.85 bits per heavy atom. The molecule has 0 saturated carbocycles. The van der Waals surface area contributed by atoms with E-state index in [0.29, 0.717) is 6.54 Å². The second-order valence-corrected chi connectivity index (χ2v) is 4.97. The molecule has 5 nitrogen and oxygen atoms in total. The van der Waals surface area contributed by atoms with Crippen molar-refractivity contribution in [3.8, 4) is 0 Å². The van der Waals surface area contributed by atoms with Crippen LogP contribution >= 0.6 is 0 Å². The number of hydrogen-bond acceptors (Lipinski definition) is 4. The molecular weight excluding hydrogens is 254 g/mol. The monoisotopic (exact) mass is 271 g/mol. The summed E-state index contributed by atoms with van der Waals surface area (Å²) in [5.41, 5.74) is 4.85. The summed E-state index contributed by atoms with van der Waals surface area (Å²) in [6.45, 7) is 2.61. The minimum absolute atomic E-state index is 0.250. The van der Waals surface area contributed by atoms with Gasteiger partial charge < -0.3 is 4.42 Å². The molecule has 0 radical (unpaired) electrons. The third-order valence-corrected chi connectivity index (χ3v) is 3.61. The van der Waals surface area contributed by atoms with Crippen molar-refractivity contribution in [1.29, 1.82) is 0 Å². The molecule has 20 heavy (non-hydrogen) atoms. The molecule has 0 spiro atoms. The summed E-state index contributed by atoms with van der Waals surface area (Å²) in [6, 6.07) is 12.0. The number of furan rings is 1. The smallest absolute Gasteiger partial charge is 0.300 e. The van der Waals surface area contributed by atoms with E-state index in [2.05, 4.69) is 34.6 Å². The number of nitrogen functional groups attached to an aromatic ring is 1. The van der Waals surface area contributed by atoms with E-state index in [1.54, 1.807) is 6.07 Å². The van der Waals surface area contributed by atoms with E-state index in [1.807, 2.05) is 6.07 Å². The molecular formula is C15H17N3O2. The average molecular weight is 271 g/mol. The van der Waals surface area contributed by atoms with Gasteiger partial charge in [0.15, 0.2) is 5.76 Å². The molecule has 1 aromatic carbocycles. The summed E-state index contributed by atoms with van der Waals surface area (Å²) in [5, 5.41) is 0. The molecule has 1 aliphatic rings. The number of benzene rings is 1. The van der Waals surface area contributed by atoms with Gasteiger partial charge in [0.05, 0.1) is 6.54 Å². The van der Waals surface area contributed by atoms with Gasteiger partial charge in [-0.25, -0.2) is 5.84 Å². The van der Waals surface area contributed by atoms with Gasteiger partial charge in [0.25, 0.3) is 0 Å². The maximum atomic E-state index is 11.3. The average Bonchev–Trinajstić information content (AvgIpc) is 2.95. The predicted molar refractivity (Wildman–Crippen MR) is 74.6 cm³/mol. The molecule has 1 amide bonds. The van der Waals surface area contributed by atoms with Crippen molar-refractivity contribution in [3.63, 3.8) is 0 Å². The van der Waals surface area contributed by atoms with E-state index in [1.165, 1.54) is 11.1 Å². The molecule has 0 saturated heterocycles. The maximum Gasteiger partial charge on any atom is 0.300 e. The van der Waals surface area contributed by atoms with Crippen molar-refractivity contribution in [1.82, 2.24) is 10.3 Å². The van der Waals surface area contributed by atoms with Crippen LogP contribution in [0, 0.1) is 0 Å². The molecule has 1 aliphatic heterocycles. The number of carbonyl (C=O) groups is 1. The maximum absolute atomic E-state index is 11.3. The molecule has 1 aromatic heterocycles. The first-order valence-electron chi connectivity index (χ1n) is 6.65. The fourth-order valence-electron chi connectivity index (χ4n) is 2.57. The number of amides is 1. The molecule has 2 aromatic rings. The number of fused-ring (bicyclic) bond motifs is 1. The fourth-order valence-corrected chi connectivity index (χ4v) is 2.57. The normalized spacial score (nSPS) is 14.8. The van der Waals surface area contributed by atoms with Crippen LogP contribution in [0.1, 0.15) is 27.4 Å². The standard InChI is InChI=1S/C15H17N3O2/c16-17-15(19)14-6-5-13(20-14)10-18-8-7-11-3-1-2-4-12(11)9-18/h1-6H,7-10,16H2,(H,17,19). The lowest BCUT2D eigenvalue weighted by Gasteiger charge is -2.27. The fraction of sp³-hybridized carbons (Fsp3) is 0.267. The van der Waals surface area contributed by atoms with Gasteiger partial charge in [0.1, 0.15) is 5.76 Å². The molecule has 104 valence electrons. The quantitative estimate of drug-likeness (QED) is 0.503. The van der Waals surface area contributed by atoms with Crippen LogP contribution in [-0.4, -0.2) is 17.4 Å². The Balaban J connectivity index is 1.68. The number of nitrogens with one attached hydrogen (secondary N) is 1. The highest BCUT2D eigenvalue weighted by atomic mass is 16.4. The highest BCUT2D eigenvalue weighted by Gasteiger charge is 2.17. The van der Waals surface area contributed by atoms with Crippen LogP contribution in [0.3, 0.4) is 0 Å². The highest BCUT2D eigenvalue weighted by Crippen LogP contribution is 2.20. The molecule has 2 heterocycles. The van der Waals surface area contributed by atoms with E-state index in [9.17, 15) is 4.79 Å². The van der Waals surface area contributed by atoms with Gasteiger partial charge in [-0.05, 0) is 29.7 Å². The zero-order valence-corrected chi connectivity index (χ0v) is 11.1. The van der Waals surface area contributed by atoms with Gasteiger partial charge in [-0.1, -0.05) is 24.3 Å². The number of hydrogen-bond donors (Lipinski definition) is 2. The predicted octanol–water partition coefficient (Wildman–Crippen LogP) is 1.44. The van der Waals surface area contributed by atoms with Crippen molar-refractivity contribution in [2.24, 2.45) is 5.84 Å². The summed E-state index contributed by atoms with van der Waals surface area (Å²) in [7, 11) is 0. The third-order valence-electron chi connectivity index (χ3n) is 3.61. The lowest BCUT2D eigenvalue weighted by atomic mass is 10.00. The van der Waals surface area contributed by atoms with Crippen molar-refractivity contribution < 1.29 is 9.21 Å². The summed E-state index contributed by atoms with van der Waals surface area (Å²) in [4.78, 5) is 13.6. The van der Waals surface area contributed by atoms with Crippen LogP contribution in [0.4, 0.5) is 0 Å². The summed E-state index contributed by atoms with van der Waals surface area (Å²) >= 11 is 0. The zero-order valence-electron chi connectivity index (χ0n) is 11.1. The lowest BCUT2D eigenvalue weighted by molar-refractivity contribution is 0.0921. The van der Waals surface area contributed by atoms with Gasteiger partial charge in [0.2, 0.25) is 0 Å². The molecule has 5 heteroatoms. The van der Waals surface area contributed by atoms with E-state index in [-0.39, 0.29) is 5.76 Å². The largest absolute Gasteiger partial charge is 0.455 e. The second kappa shape index (κ2) is 5.48. The number of carbonyl (C=O) groups excluding carboxylic acids is 1. The van der Waals surface area contributed by atoms with Crippen LogP contribution < -0.4 is 11.3 Å². The van der Waals surface area contributed by atoms with E-state index < -0.39 is 5.91 Å². The molecule has 3 N–H and O–H groups in total. The van der Waals surface area contributed by atoms with Crippen LogP contribution in [-0.2, 0) is 19.5 Å². The van der Waals surface area contributed by atoms with Crippen LogP contribution in [0.5, 0.6) is 0 Å². The van der Waals surface area contributed by atoms with Gasteiger partial charge in [-0.3, -0.25) is 15.1 Å². The van der Waals surface area contributed by atoms with Gasteiger partial charge >= 0.3 is 5.91 Å². The van der Waals surface area contributed by atoms with Crippen LogP contribution in [0.15, 0.2) is 40.8 Å². The lowest BCUT2D eigenvalue weighted by Crippen LogP contribution is -2.30. The van der Waals surface area contributed by atoms with Crippen LogP contribution in [0.25, 0.3) is 0 Å². The Morgan fingerprint density at radius 2 is 2.05 bits per heavy atom. The summed E-state index contributed by atoms with van der Waals surface area (Å²) in [6.07, 6.45) is 1.05. The Hall–Kier alpha value is -2.11. The second-order valence-electron chi connectivity index (χ2n) is 4.97. The third kappa shape index (κ3) is 2.59. The van der Waals surface area contributed by atoms with Gasteiger partial charge in [-0.2, -0.15) is 0 Å². The SMILES string of the molecule is NNC(=O)c1ccc(CN2CCc3ccccc3C2)o1. The Bertz CT molecular complexity index is 621. The molecule has 0 aliphatic carbocycles. The topological polar surface area (TPSA) is 71.5 Å². The molecule has 3 rings (SSSR count). The first-order chi connectivity index (χ1) is 9.76. The first kappa shape index (κ1) is 12.9. The van der Waals surface area contributed by atoms with Crippen LogP contribution in [0.2, 0.25) is 0 Å². The molecule has 0 unspecified atom stereocenters. The Labute approximate surface area is 117 Å². The minimum Gasteiger partial charge on any atom is -0.455 e. The van der Waals surface area contributed by atoms with Crippen molar-refractivity contribution in [2.75, 3.05) is 6.54 Å². The molecule has 0 bridgehead atoms. The van der Waals surface area contributed by atoms with Crippen molar-refractivity contribution >= 4 is 5.91 Å². The van der Waals surface area contributed by atoms with Crippen molar-refractivity contribution in [2.45, 2.75) is 19.5 Å². The van der Waals surface area contributed by atoms with E-state index >= 15 is 0 Å². The summed E-state index contributed by atoms with van der Waals surface area (Å²) in [5.74, 6) is 5.71. The number of rotatable bonds is 3. The molecule has 0 atom stereocenters. The number of hydrazine groups is 1. The zero-order chi connectivity index (χ0) is 13.9. The van der Waals surface area contributed by atoms with Gasteiger partial charge in [-0.15, -0.1) is 0 Å². The van der Waals surface area contributed by atoms with E-state index in [4.69, 9.17) is 10.3 Å². The van der Waals surface area contributed by atoms with Crippen molar-refractivity contribution in [3.05, 3.63) is 59.0 Å². The van der Waals surface area contributed by atoms with E-state index in [0.717, 1.165) is 25.3 Å². The highest BCUT2D eigenvalue weighted by molar-refractivity contribution is 5.90. The summed E-state index contributed by atoms with van der Waals surface area (Å²) < 4.78 is 5.49.